The van der Waals surface area contributed by atoms with E-state index >= 15 is 0 Å². The monoisotopic (exact) mass is 232 g/mol. The van der Waals surface area contributed by atoms with Crippen LogP contribution in [-0.2, 0) is 6.42 Å². The molecule has 1 aromatic carbocycles. The van der Waals surface area contributed by atoms with Crippen LogP contribution < -0.4 is 10.6 Å². The van der Waals surface area contributed by atoms with E-state index in [9.17, 15) is 0 Å². The molecule has 2 heteroatoms. The lowest BCUT2D eigenvalue weighted by Gasteiger charge is -2.48. The second-order valence-corrected chi connectivity index (χ2v) is 5.57. The molecule has 1 saturated heterocycles. The number of nitrogens with two attached hydrogens (primary N) is 1. The lowest BCUT2D eigenvalue weighted by molar-refractivity contribution is 0.310. The number of aryl methyl sites for hydroxylation is 1. The Morgan fingerprint density at radius 2 is 1.94 bits per heavy atom. The maximum absolute atomic E-state index is 6.25. The predicted octanol–water partition coefficient (Wildman–Crippen LogP) is 2.96. The lowest BCUT2D eigenvalue weighted by atomic mass is 9.85. The number of benzene rings is 1. The van der Waals surface area contributed by atoms with Gasteiger partial charge in [-0.3, -0.25) is 0 Å². The van der Waals surface area contributed by atoms with E-state index in [0.717, 1.165) is 19.4 Å². The molecule has 0 spiro atoms. The number of rotatable bonds is 2. The van der Waals surface area contributed by atoms with Crippen LogP contribution in [0.1, 0.15) is 39.2 Å². The summed E-state index contributed by atoms with van der Waals surface area (Å²) in [5.41, 5.74) is 9.02. The first-order chi connectivity index (χ1) is 8.05. The van der Waals surface area contributed by atoms with Crippen LogP contribution in [0.2, 0.25) is 0 Å². The van der Waals surface area contributed by atoms with Crippen LogP contribution in [0, 0.1) is 0 Å². The van der Waals surface area contributed by atoms with Gasteiger partial charge in [-0.25, -0.2) is 0 Å². The van der Waals surface area contributed by atoms with Gasteiger partial charge in [0, 0.05) is 23.8 Å². The van der Waals surface area contributed by atoms with Crippen LogP contribution in [0.15, 0.2) is 24.3 Å². The minimum absolute atomic E-state index is 0.0615. The van der Waals surface area contributed by atoms with Crippen LogP contribution in [0.4, 0.5) is 5.69 Å². The first-order valence-corrected chi connectivity index (χ1v) is 6.68. The molecule has 0 aromatic heterocycles. The van der Waals surface area contributed by atoms with E-state index in [-0.39, 0.29) is 11.6 Å². The number of hydrogen-bond acceptors (Lipinski definition) is 2. The molecular weight excluding hydrogens is 208 g/mol. The zero-order valence-corrected chi connectivity index (χ0v) is 11.2. The first-order valence-electron chi connectivity index (χ1n) is 6.68. The van der Waals surface area contributed by atoms with Crippen molar-refractivity contribution in [3.05, 3.63) is 29.8 Å². The fourth-order valence-corrected chi connectivity index (χ4v) is 2.68. The number of nitrogens with zero attached hydrogens (tertiary/aromatic N) is 1. The Kier molecular flexibility index (Phi) is 3.43. The summed E-state index contributed by atoms with van der Waals surface area (Å²) in [6.45, 7) is 7.82. The largest absolute Gasteiger partial charge is 0.365 e. The van der Waals surface area contributed by atoms with Crippen molar-refractivity contribution in [2.45, 2.75) is 51.6 Å². The van der Waals surface area contributed by atoms with Crippen LogP contribution in [-0.4, -0.2) is 18.1 Å². The Balaban J connectivity index is 2.25. The van der Waals surface area contributed by atoms with Gasteiger partial charge in [0.1, 0.15) is 0 Å². The van der Waals surface area contributed by atoms with Gasteiger partial charge in [-0.05, 0) is 50.8 Å². The summed E-state index contributed by atoms with van der Waals surface area (Å²) in [5.74, 6) is 0. The van der Waals surface area contributed by atoms with E-state index in [1.165, 1.54) is 17.7 Å². The topological polar surface area (TPSA) is 29.3 Å². The SMILES string of the molecule is CCc1ccc(N2CCCC(N)C2(C)C)cc1. The molecule has 1 heterocycles. The zero-order chi connectivity index (χ0) is 12.5. The van der Waals surface area contributed by atoms with Crippen molar-refractivity contribution in [2.75, 3.05) is 11.4 Å². The molecule has 2 nitrogen and oxygen atoms in total. The lowest BCUT2D eigenvalue weighted by Crippen LogP contribution is -2.59. The van der Waals surface area contributed by atoms with Crippen LogP contribution in [0.3, 0.4) is 0 Å². The second kappa shape index (κ2) is 4.69. The molecule has 1 aromatic rings. The van der Waals surface area contributed by atoms with Gasteiger partial charge < -0.3 is 10.6 Å². The molecule has 0 radical (unpaired) electrons. The zero-order valence-electron chi connectivity index (χ0n) is 11.2. The molecule has 17 heavy (non-hydrogen) atoms. The van der Waals surface area contributed by atoms with Crippen molar-refractivity contribution in [1.29, 1.82) is 0 Å². The Hall–Kier alpha value is -1.02. The van der Waals surface area contributed by atoms with E-state index in [0.29, 0.717) is 0 Å². The van der Waals surface area contributed by atoms with E-state index in [1.807, 2.05) is 0 Å². The molecule has 1 aliphatic rings. The third kappa shape index (κ3) is 2.32. The molecule has 0 bridgehead atoms. The van der Waals surface area contributed by atoms with Crippen LogP contribution >= 0.6 is 0 Å². The van der Waals surface area contributed by atoms with Crippen molar-refractivity contribution in [1.82, 2.24) is 0 Å². The highest BCUT2D eigenvalue weighted by Crippen LogP contribution is 2.31. The standard InChI is InChI=1S/C15H24N2/c1-4-12-7-9-13(10-8-12)17-11-5-6-14(16)15(17,2)3/h7-10,14H,4-6,11,16H2,1-3H3. The molecule has 1 aliphatic heterocycles. The van der Waals surface area contributed by atoms with Gasteiger partial charge in [-0.1, -0.05) is 19.1 Å². The number of piperidine rings is 1. The predicted molar refractivity (Wildman–Crippen MR) is 74.5 cm³/mol. The van der Waals surface area contributed by atoms with E-state index in [1.54, 1.807) is 0 Å². The fourth-order valence-electron chi connectivity index (χ4n) is 2.68. The molecular formula is C15H24N2. The average Bonchev–Trinajstić information content (AvgIpc) is 2.33. The van der Waals surface area contributed by atoms with Crippen LogP contribution in [0.25, 0.3) is 0 Å². The van der Waals surface area contributed by atoms with Gasteiger partial charge in [-0.15, -0.1) is 0 Å². The van der Waals surface area contributed by atoms with Gasteiger partial charge in [0.15, 0.2) is 0 Å². The summed E-state index contributed by atoms with van der Waals surface area (Å²) in [7, 11) is 0. The quantitative estimate of drug-likeness (QED) is 0.849. The molecule has 2 N–H and O–H groups in total. The maximum atomic E-state index is 6.25. The van der Waals surface area contributed by atoms with Gasteiger partial charge in [0.05, 0.1) is 0 Å². The molecule has 0 saturated carbocycles. The molecule has 1 fully saturated rings. The van der Waals surface area contributed by atoms with Gasteiger partial charge in [0.2, 0.25) is 0 Å². The summed E-state index contributed by atoms with van der Waals surface area (Å²) >= 11 is 0. The molecule has 1 atom stereocenters. The number of hydrogen-bond donors (Lipinski definition) is 1. The fraction of sp³-hybridized carbons (Fsp3) is 0.600. The summed E-state index contributed by atoms with van der Waals surface area (Å²) in [6, 6.07) is 9.19. The van der Waals surface area contributed by atoms with E-state index in [4.69, 9.17) is 5.73 Å². The third-order valence-corrected chi connectivity index (χ3v) is 4.16. The highest BCUT2D eigenvalue weighted by molar-refractivity contribution is 5.51. The summed E-state index contributed by atoms with van der Waals surface area (Å²) < 4.78 is 0. The third-order valence-electron chi connectivity index (χ3n) is 4.16. The summed E-state index contributed by atoms with van der Waals surface area (Å²) in [4.78, 5) is 2.46. The average molecular weight is 232 g/mol. The Morgan fingerprint density at radius 3 is 2.53 bits per heavy atom. The Morgan fingerprint density at radius 1 is 1.29 bits per heavy atom. The minimum atomic E-state index is 0.0615. The van der Waals surface area contributed by atoms with E-state index in [2.05, 4.69) is 49.9 Å². The highest BCUT2D eigenvalue weighted by Gasteiger charge is 2.36. The summed E-state index contributed by atoms with van der Waals surface area (Å²) in [5, 5.41) is 0. The second-order valence-electron chi connectivity index (χ2n) is 5.57. The molecule has 0 aliphatic carbocycles. The normalized spacial score (nSPS) is 23.8. The molecule has 2 rings (SSSR count). The van der Waals surface area contributed by atoms with Gasteiger partial charge in [-0.2, -0.15) is 0 Å². The minimum Gasteiger partial charge on any atom is -0.365 e. The first kappa shape index (κ1) is 12.4. The molecule has 1 unspecified atom stereocenters. The van der Waals surface area contributed by atoms with Gasteiger partial charge >= 0.3 is 0 Å². The van der Waals surface area contributed by atoms with Crippen molar-refractivity contribution >= 4 is 5.69 Å². The smallest absolute Gasteiger partial charge is 0.0496 e. The molecule has 0 amide bonds. The van der Waals surface area contributed by atoms with Crippen molar-refractivity contribution in [2.24, 2.45) is 5.73 Å². The summed E-state index contributed by atoms with van der Waals surface area (Å²) in [6.07, 6.45) is 3.43. The Labute approximate surface area is 105 Å². The Bertz CT molecular complexity index is 367. The van der Waals surface area contributed by atoms with Gasteiger partial charge in [0.25, 0.3) is 0 Å². The van der Waals surface area contributed by atoms with E-state index < -0.39 is 0 Å². The maximum Gasteiger partial charge on any atom is 0.0496 e. The number of anilines is 1. The van der Waals surface area contributed by atoms with Crippen molar-refractivity contribution in [3.8, 4) is 0 Å². The highest BCUT2D eigenvalue weighted by atomic mass is 15.2. The van der Waals surface area contributed by atoms with Crippen molar-refractivity contribution < 1.29 is 0 Å². The van der Waals surface area contributed by atoms with Crippen LogP contribution in [0.5, 0.6) is 0 Å². The molecule has 94 valence electrons. The van der Waals surface area contributed by atoms with Crippen molar-refractivity contribution in [3.63, 3.8) is 0 Å².